The molecule has 0 aromatic heterocycles. The third kappa shape index (κ3) is 8.83. The Morgan fingerprint density at radius 3 is 2.33 bits per heavy atom. The van der Waals surface area contributed by atoms with Crippen molar-refractivity contribution in [3.8, 4) is 5.75 Å². The van der Waals surface area contributed by atoms with E-state index in [1.165, 1.54) is 0 Å². The topological polar surface area (TPSA) is 56.8 Å². The number of carbonyl (C=O) groups is 1. The molecule has 1 aromatic rings. The van der Waals surface area contributed by atoms with E-state index in [-0.39, 0.29) is 5.91 Å². The summed E-state index contributed by atoms with van der Waals surface area (Å²) in [6.07, 6.45) is 0. The van der Waals surface area contributed by atoms with Crippen LogP contribution in [0.2, 0.25) is 0 Å². The van der Waals surface area contributed by atoms with Gasteiger partial charge in [0, 0.05) is 12.1 Å². The molecule has 0 unspecified atom stereocenters. The highest BCUT2D eigenvalue weighted by molar-refractivity contribution is 5.91. The van der Waals surface area contributed by atoms with Gasteiger partial charge in [-0.3, -0.25) is 4.79 Å². The quantitative estimate of drug-likeness (QED) is 0.499. The first-order chi connectivity index (χ1) is 10.2. The molecule has 0 aliphatic carbocycles. The first-order valence-electron chi connectivity index (χ1n) is 6.97. The zero-order chi connectivity index (χ0) is 15.3. The molecule has 1 N–H and O–H groups in total. The lowest BCUT2D eigenvalue weighted by molar-refractivity contribution is -0.117. The van der Waals surface area contributed by atoms with Crippen molar-refractivity contribution in [2.75, 3.05) is 39.6 Å². The average molecular weight is 293 g/mol. The minimum Gasteiger partial charge on any atom is -0.491 e. The first-order valence-corrected chi connectivity index (χ1v) is 6.97. The van der Waals surface area contributed by atoms with Crippen molar-refractivity contribution in [1.82, 2.24) is 5.32 Å². The summed E-state index contributed by atoms with van der Waals surface area (Å²) in [5.41, 5.74) is 0.497. The summed E-state index contributed by atoms with van der Waals surface area (Å²) in [7, 11) is 0. The van der Waals surface area contributed by atoms with Gasteiger partial charge in [-0.15, -0.1) is 0 Å². The van der Waals surface area contributed by atoms with Crippen molar-refractivity contribution < 1.29 is 19.0 Å². The Morgan fingerprint density at radius 1 is 1.05 bits per heavy atom. The molecule has 116 valence electrons. The van der Waals surface area contributed by atoms with Gasteiger partial charge in [0.05, 0.1) is 26.4 Å². The zero-order valence-corrected chi connectivity index (χ0v) is 12.5. The van der Waals surface area contributed by atoms with Gasteiger partial charge in [0.25, 0.3) is 0 Å². The van der Waals surface area contributed by atoms with Crippen molar-refractivity contribution in [2.45, 2.75) is 6.92 Å². The van der Waals surface area contributed by atoms with Gasteiger partial charge in [-0.25, -0.2) is 0 Å². The molecule has 1 aromatic carbocycles. The SMILES string of the molecule is C=C(C)C(=O)NCCOCCOCCOc1ccccc1. The molecular formula is C16H23NO4. The summed E-state index contributed by atoms with van der Waals surface area (Å²) in [5, 5.41) is 2.69. The predicted octanol–water partition coefficient (Wildman–Crippen LogP) is 1.79. The number of carbonyl (C=O) groups excluding carboxylic acids is 1. The molecule has 1 rings (SSSR count). The lowest BCUT2D eigenvalue weighted by atomic mass is 10.3. The average Bonchev–Trinajstić information content (AvgIpc) is 2.49. The Bertz CT molecular complexity index is 420. The van der Waals surface area contributed by atoms with Crippen LogP contribution in [0.1, 0.15) is 6.92 Å². The highest BCUT2D eigenvalue weighted by atomic mass is 16.5. The van der Waals surface area contributed by atoms with E-state index in [1.54, 1.807) is 6.92 Å². The van der Waals surface area contributed by atoms with E-state index in [4.69, 9.17) is 14.2 Å². The van der Waals surface area contributed by atoms with Gasteiger partial charge in [-0.2, -0.15) is 0 Å². The van der Waals surface area contributed by atoms with Crippen molar-refractivity contribution >= 4 is 5.91 Å². The lowest BCUT2D eigenvalue weighted by Crippen LogP contribution is -2.27. The molecule has 1 amide bonds. The van der Waals surface area contributed by atoms with Gasteiger partial charge < -0.3 is 19.5 Å². The molecule has 0 bridgehead atoms. The van der Waals surface area contributed by atoms with Crippen LogP contribution in [0.25, 0.3) is 0 Å². The Hall–Kier alpha value is -1.85. The third-order valence-corrected chi connectivity index (χ3v) is 2.53. The molecular weight excluding hydrogens is 270 g/mol. The maximum Gasteiger partial charge on any atom is 0.246 e. The summed E-state index contributed by atoms with van der Waals surface area (Å²) in [4.78, 5) is 11.2. The minimum atomic E-state index is -0.145. The molecule has 5 heteroatoms. The van der Waals surface area contributed by atoms with Gasteiger partial charge in [-0.1, -0.05) is 24.8 Å². The van der Waals surface area contributed by atoms with E-state index in [2.05, 4.69) is 11.9 Å². The Morgan fingerprint density at radius 2 is 1.67 bits per heavy atom. The second-order valence-corrected chi connectivity index (χ2v) is 4.42. The Labute approximate surface area is 125 Å². The fourth-order valence-electron chi connectivity index (χ4n) is 1.44. The number of nitrogens with one attached hydrogen (secondary N) is 1. The lowest BCUT2D eigenvalue weighted by Gasteiger charge is -2.08. The minimum absolute atomic E-state index is 0.145. The molecule has 0 heterocycles. The van der Waals surface area contributed by atoms with Gasteiger partial charge in [0.2, 0.25) is 5.91 Å². The molecule has 0 spiro atoms. The Kier molecular flexibility index (Phi) is 8.91. The van der Waals surface area contributed by atoms with Gasteiger partial charge in [-0.05, 0) is 19.1 Å². The number of para-hydroxylation sites is 1. The van der Waals surface area contributed by atoms with E-state index in [0.29, 0.717) is 45.2 Å². The molecule has 0 atom stereocenters. The predicted molar refractivity (Wildman–Crippen MR) is 81.4 cm³/mol. The monoisotopic (exact) mass is 293 g/mol. The summed E-state index contributed by atoms with van der Waals surface area (Å²) in [6, 6.07) is 9.61. The van der Waals surface area contributed by atoms with Crippen LogP contribution in [0, 0.1) is 0 Å². The second kappa shape index (κ2) is 10.9. The van der Waals surface area contributed by atoms with E-state index in [9.17, 15) is 4.79 Å². The van der Waals surface area contributed by atoms with E-state index < -0.39 is 0 Å². The van der Waals surface area contributed by atoms with Crippen molar-refractivity contribution in [1.29, 1.82) is 0 Å². The number of rotatable bonds is 11. The molecule has 5 nitrogen and oxygen atoms in total. The number of amides is 1. The zero-order valence-electron chi connectivity index (χ0n) is 12.5. The normalized spacial score (nSPS) is 10.1. The van der Waals surface area contributed by atoms with Crippen molar-refractivity contribution in [2.24, 2.45) is 0 Å². The third-order valence-electron chi connectivity index (χ3n) is 2.53. The van der Waals surface area contributed by atoms with Crippen LogP contribution < -0.4 is 10.1 Å². The highest BCUT2D eigenvalue weighted by Gasteiger charge is 1.99. The van der Waals surface area contributed by atoms with Crippen molar-refractivity contribution in [3.63, 3.8) is 0 Å². The van der Waals surface area contributed by atoms with Crippen LogP contribution in [0.3, 0.4) is 0 Å². The number of benzene rings is 1. The smallest absolute Gasteiger partial charge is 0.246 e. The number of hydrogen-bond acceptors (Lipinski definition) is 4. The molecule has 0 aliphatic heterocycles. The first kappa shape index (κ1) is 17.2. The summed E-state index contributed by atoms with van der Waals surface area (Å²) >= 11 is 0. The van der Waals surface area contributed by atoms with Crippen LogP contribution in [0.15, 0.2) is 42.5 Å². The van der Waals surface area contributed by atoms with Crippen LogP contribution in [0.4, 0.5) is 0 Å². The standard InChI is InChI=1S/C16H23NO4/c1-14(2)16(18)17-8-9-19-10-11-20-12-13-21-15-6-4-3-5-7-15/h3-7H,1,8-13H2,2H3,(H,17,18). The van der Waals surface area contributed by atoms with Crippen molar-refractivity contribution in [3.05, 3.63) is 42.5 Å². The van der Waals surface area contributed by atoms with Gasteiger partial charge >= 0.3 is 0 Å². The molecule has 0 saturated heterocycles. The van der Waals surface area contributed by atoms with Gasteiger partial charge in [0.15, 0.2) is 0 Å². The largest absolute Gasteiger partial charge is 0.491 e. The molecule has 0 aliphatic rings. The summed E-state index contributed by atoms with van der Waals surface area (Å²) in [5.74, 6) is 0.693. The maximum absolute atomic E-state index is 11.2. The summed E-state index contributed by atoms with van der Waals surface area (Å²) < 4.78 is 16.2. The van der Waals surface area contributed by atoms with Crippen LogP contribution in [-0.2, 0) is 14.3 Å². The van der Waals surface area contributed by atoms with Gasteiger partial charge in [0.1, 0.15) is 12.4 Å². The van der Waals surface area contributed by atoms with Crippen LogP contribution in [0.5, 0.6) is 5.75 Å². The molecule has 0 fully saturated rings. The second-order valence-electron chi connectivity index (χ2n) is 4.42. The molecule has 0 radical (unpaired) electrons. The van der Waals surface area contributed by atoms with E-state index >= 15 is 0 Å². The molecule has 21 heavy (non-hydrogen) atoms. The maximum atomic E-state index is 11.2. The highest BCUT2D eigenvalue weighted by Crippen LogP contribution is 2.07. The van der Waals surface area contributed by atoms with E-state index in [0.717, 1.165) is 5.75 Å². The number of ether oxygens (including phenoxy) is 3. The number of hydrogen-bond donors (Lipinski definition) is 1. The molecule has 0 saturated carbocycles. The van der Waals surface area contributed by atoms with Crippen LogP contribution in [-0.4, -0.2) is 45.5 Å². The summed E-state index contributed by atoms with van der Waals surface area (Å²) in [6.45, 7) is 8.19. The van der Waals surface area contributed by atoms with E-state index in [1.807, 2.05) is 30.3 Å². The fraction of sp³-hybridized carbons (Fsp3) is 0.438. The van der Waals surface area contributed by atoms with Crippen LogP contribution >= 0.6 is 0 Å². The fourth-order valence-corrected chi connectivity index (χ4v) is 1.44. The Balaban J connectivity index is 1.85.